The van der Waals surface area contributed by atoms with Crippen LogP contribution in [0.1, 0.15) is 25.3 Å². The smallest absolute Gasteiger partial charge is 0.263 e. The molecule has 0 amide bonds. The summed E-state index contributed by atoms with van der Waals surface area (Å²) in [6.07, 6.45) is 1.46. The maximum absolute atomic E-state index is 14.1. The average molecular weight is 569 g/mol. The minimum atomic E-state index is -4.22. The van der Waals surface area contributed by atoms with Crippen LogP contribution in [-0.4, -0.2) is 31.4 Å². The van der Waals surface area contributed by atoms with Crippen LogP contribution in [0.15, 0.2) is 87.5 Å². The zero-order valence-corrected chi connectivity index (χ0v) is 23.1. The van der Waals surface area contributed by atoms with Gasteiger partial charge in [0.05, 0.1) is 20.8 Å². The molecular weight excluding hydrogens is 544 g/mol. The Kier molecular flexibility index (Phi) is 6.89. The van der Waals surface area contributed by atoms with Crippen LogP contribution < -0.4 is 4.72 Å². The molecule has 2 heterocycles. The molecule has 0 saturated heterocycles. The van der Waals surface area contributed by atoms with Crippen LogP contribution in [0.3, 0.4) is 0 Å². The van der Waals surface area contributed by atoms with Crippen molar-refractivity contribution in [3.8, 4) is 0 Å². The summed E-state index contributed by atoms with van der Waals surface area (Å²) >= 11 is 5.96. The van der Waals surface area contributed by atoms with E-state index in [0.29, 0.717) is 29.0 Å². The molecule has 38 heavy (non-hydrogen) atoms. The van der Waals surface area contributed by atoms with Crippen molar-refractivity contribution in [1.29, 1.82) is 0 Å². The SMILES string of the molecule is CCCCn1c(NS(=O)(=O)c2ccc(Cl)cc2)c(S(=O)(=O)c2ccc(C)cc2)c2nc3ccccc3nc21. The molecule has 0 radical (unpaired) electrons. The number of aryl methyl sites for hydroxylation is 2. The first-order chi connectivity index (χ1) is 18.1. The van der Waals surface area contributed by atoms with Crippen LogP contribution in [0.25, 0.3) is 22.2 Å². The topological polar surface area (TPSA) is 111 Å². The first-order valence-electron chi connectivity index (χ1n) is 12.0. The lowest BCUT2D eigenvalue weighted by Gasteiger charge is -2.14. The summed E-state index contributed by atoms with van der Waals surface area (Å²) in [5.41, 5.74) is 2.36. The van der Waals surface area contributed by atoms with Crippen molar-refractivity contribution in [3.05, 3.63) is 83.4 Å². The van der Waals surface area contributed by atoms with Crippen LogP contribution in [0.4, 0.5) is 5.82 Å². The molecular formula is C27H25ClN4O4S2. The van der Waals surface area contributed by atoms with Crippen LogP contribution in [-0.2, 0) is 26.4 Å². The fraction of sp³-hybridized carbons (Fsp3) is 0.185. The number of halogens is 1. The molecule has 1 N–H and O–H groups in total. The maximum Gasteiger partial charge on any atom is 0.263 e. The third-order valence-corrected chi connectivity index (χ3v) is 9.62. The Morgan fingerprint density at radius 1 is 0.842 bits per heavy atom. The summed E-state index contributed by atoms with van der Waals surface area (Å²) < 4.78 is 59.5. The van der Waals surface area contributed by atoms with Gasteiger partial charge in [0.15, 0.2) is 5.65 Å². The number of sulfone groups is 1. The number of benzene rings is 3. The maximum atomic E-state index is 14.1. The molecule has 0 fully saturated rings. The molecule has 0 aliphatic rings. The summed E-state index contributed by atoms with van der Waals surface area (Å²) in [5, 5.41) is 0.378. The molecule has 196 valence electrons. The van der Waals surface area contributed by atoms with E-state index in [1.807, 2.05) is 19.9 Å². The van der Waals surface area contributed by atoms with Gasteiger partial charge in [-0.1, -0.05) is 54.8 Å². The normalized spacial score (nSPS) is 12.3. The summed E-state index contributed by atoms with van der Waals surface area (Å²) in [6, 6.07) is 19.2. The second-order valence-electron chi connectivity index (χ2n) is 8.94. The van der Waals surface area contributed by atoms with Gasteiger partial charge in [-0.15, -0.1) is 0 Å². The third-order valence-electron chi connectivity index (χ3n) is 6.20. The predicted octanol–water partition coefficient (Wildman–Crippen LogP) is 5.98. The van der Waals surface area contributed by atoms with Crippen molar-refractivity contribution < 1.29 is 16.8 Å². The van der Waals surface area contributed by atoms with Crippen molar-refractivity contribution in [3.63, 3.8) is 0 Å². The predicted molar refractivity (Wildman–Crippen MR) is 149 cm³/mol. The monoisotopic (exact) mass is 568 g/mol. The number of hydrogen-bond donors (Lipinski definition) is 1. The van der Waals surface area contributed by atoms with Crippen LogP contribution in [0.5, 0.6) is 0 Å². The molecule has 11 heteroatoms. The number of aromatic nitrogens is 3. The molecule has 0 spiro atoms. The summed E-state index contributed by atoms with van der Waals surface area (Å²) in [4.78, 5) is 9.14. The Morgan fingerprint density at radius 2 is 1.45 bits per heavy atom. The van der Waals surface area contributed by atoms with E-state index in [4.69, 9.17) is 16.6 Å². The highest BCUT2D eigenvalue weighted by Gasteiger charge is 2.33. The van der Waals surface area contributed by atoms with Gasteiger partial charge in [-0.2, -0.15) is 0 Å². The van der Waals surface area contributed by atoms with Gasteiger partial charge < -0.3 is 4.57 Å². The number of fused-ring (bicyclic) bond motifs is 2. The first kappa shape index (κ1) is 26.1. The molecule has 0 aliphatic carbocycles. The van der Waals surface area contributed by atoms with Gasteiger partial charge in [0.2, 0.25) is 9.84 Å². The lowest BCUT2D eigenvalue weighted by molar-refractivity contribution is 0.595. The van der Waals surface area contributed by atoms with Crippen molar-refractivity contribution in [2.75, 3.05) is 4.72 Å². The minimum Gasteiger partial charge on any atom is -0.309 e. The van der Waals surface area contributed by atoms with Crippen molar-refractivity contribution >= 4 is 59.5 Å². The molecule has 2 aromatic heterocycles. The second kappa shape index (κ2) is 10.0. The van der Waals surface area contributed by atoms with Crippen LogP contribution >= 0.6 is 11.6 Å². The van der Waals surface area contributed by atoms with E-state index in [1.54, 1.807) is 34.9 Å². The van der Waals surface area contributed by atoms with E-state index < -0.39 is 19.9 Å². The number of nitrogens with zero attached hydrogens (tertiary/aromatic N) is 3. The molecule has 0 saturated carbocycles. The number of hydrogen-bond acceptors (Lipinski definition) is 6. The Labute approximate surface area is 226 Å². The first-order valence-corrected chi connectivity index (χ1v) is 15.4. The molecule has 0 atom stereocenters. The Bertz CT molecular complexity index is 1870. The molecule has 5 aromatic rings. The van der Waals surface area contributed by atoms with Crippen molar-refractivity contribution in [1.82, 2.24) is 14.5 Å². The molecule has 0 aliphatic heterocycles. The van der Waals surface area contributed by atoms with E-state index in [1.165, 1.54) is 36.4 Å². The van der Waals surface area contributed by atoms with Gasteiger partial charge in [-0.25, -0.2) is 26.8 Å². The molecule has 8 nitrogen and oxygen atoms in total. The van der Waals surface area contributed by atoms with Gasteiger partial charge in [0.25, 0.3) is 10.0 Å². The van der Waals surface area contributed by atoms with Crippen LogP contribution in [0, 0.1) is 6.92 Å². The van der Waals surface area contributed by atoms with Gasteiger partial charge >= 0.3 is 0 Å². The number of sulfonamides is 1. The second-order valence-corrected chi connectivity index (χ2v) is 12.9. The fourth-order valence-electron chi connectivity index (χ4n) is 4.20. The van der Waals surface area contributed by atoms with E-state index >= 15 is 0 Å². The summed E-state index contributed by atoms with van der Waals surface area (Å²) in [6.45, 7) is 4.19. The average Bonchev–Trinajstić information content (AvgIpc) is 3.18. The standard InChI is InChI=1S/C27H25ClN4O4S2/c1-3-4-17-32-26-24(29-22-7-5-6-8-23(22)30-26)25(37(33,34)20-13-9-18(2)10-14-20)27(32)31-38(35,36)21-15-11-19(28)12-16-21/h5-16,31H,3-4,17H2,1-2H3. The lowest BCUT2D eigenvalue weighted by atomic mass is 10.2. The van der Waals surface area contributed by atoms with Gasteiger partial charge in [0.1, 0.15) is 16.2 Å². The number of nitrogens with one attached hydrogen (secondary N) is 1. The third kappa shape index (κ3) is 4.75. The van der Waals surface area contributed by atoms with Crippen molar-refractivity contribution in [2.45, 2.75) is 47.9 Å². The zero-order chi connectivity index (χ0) is 27.1. The Balaban J connectivity index is 1.84. The fourth-order valence-corrected chi connectivity index (χ4v) is 7.00. The highest BCUT2D eigenvalue weighted by molar-refractivity contribution is 7.93. The number of para-hydroxylation sites is 2. The van der Waals surface area contributed by atoms with Gasteiger partial charge in [-0.05, 0) is 61.9 Å². The van der Waals surface area contributed by atoms with Crippen molar-refractivity contribution in [2.24, 2.45) is 0 Å². The molecule has 5 rings (SSSR count). The minimum absolute atomic E-state index is 0.0274. The van der Waals surface area contributed by atoms with Gasteiger partial charge in [-0.3, -0.25) is 4.72 Å². The Morgan fingerprint density at radius 3 is 2.08 bits per heavy atom. The highest BCUT2D eigenvalue weighted by Crippen LogP contribution is 2.38. The molecule has 0 bridgehead atoms. The molecule has 0 unspecified atom stereocenters. The lowest BCUT2D eigenvalue weighted by Crippen LogP contribution is -2.18. The number of anilines is 1. The highest BCUT2D eigenvalue weighted by atomic mass is 35.5. The number of unbranched alkanes of at least 4 members (excludes halogenated alkanes) is 1. The Hall–Kier alpha value is -3.47. The summed E-state index contributed by atoms with van der Waals surface area (Å²) in [5.74, 6) is -0.0979. The van der Waals surface area contributed by atoms with E-state index in [9.17, 15) is 16.8 Å². The van der Waals surface area contributed by atoms with E-state index in [-0.39, 0.29) is 31.7 Å². The quantitative estimate of drug-likeness (QED) is 0.246. The number of rotatable bonds is 8. The summed E-state index contributed by atoms with van der Waals surface area (Å²) in [7, 11) is -8.41. The van der Waals surface area contributed by atoms with Crippen LogP contribution in [0.2, 0.25) is 5.02 Å². The zero-order valence-electron chi connectivity index (χ0n) is 20.7. The molecule has 3 aromatic carbocycles. The van der Waals surface area contributed by atoms with E-state index in [2.05, 4.69) is 9.71 Å². The van der Waals surface area contributed by atoms with E-state index in [0.717, 1.165) is 12.0 Å². The van der Waals surface area contributed by atoms with Gasteiger partial charge in [0, 0.05) is 11.6 Å². The largest absolute Gasteiger partial charge is 0.309 e.